The molecule has 0 aliphatic carbocycles. The van der Waals surface area contributed by atoms with Crippen LogP contribution in [0, 0.1) is 0 Å². The largest absolute Gasteiger partial charge is 0.493 e. The highest BCUT2D eigenvalue weighted by Gasteiger charge is 2.18. The molecule has 3 aromatic heterocycles. The molecule has 0 radical (unpaired) electrons. The third-order valence-electron chi connectivity index (χ3n) is 6.73. The first kappa shape index (κ1) is 22.4. The standard InChI is InChI=1S/C25H33N5O2S/c1-16(29(2)3)23-15-22-25(33-23)24(28-27-22)21-13-17-5-6-19(14-20(17)26-21)32-12-4-9-30-10-7-18(31)8-11-30/h5-6,13-16,18,26,31H,4,7-12H2,1-3H3,(H,27,28). The highest BCUT2D eigenvalue weighted by atomic mass is 32.1. The van der Waals surface area contributed by atoms with Gasteiger partial charge in [0.1, 0.15) is 11.4 Å². The summed E-state index contributed by atoms with van der Waals surface area (Å²) < 4.78 is 7.22. The number of piperidine rings is 1. The van der Waals surface area contributed by atoms with Gasteiger partial charge in [-0.05, 0) is 64.5 Å². The van der Waals surface area contributed by atoms with Crippen LogP contribution in [-0.2, 0) is 0 Å². The lowest BCUT2D eigenvalue weighted by Crippen LogP contribution is -2.36. The maximum atomic E-state index is 9.63. The number of hydrogen-bond donors (Lipinski definition) is 3. The van der Waals surface area contributed by atoms with E-state index in [1.54, 1.807) is 11.3 Å². The molecule has 0 spiro atoms. The minimum Gasteiger partial charge on any atom is -0.493 e. The number of hydrogen-bond acceptors (Lipinski definition) is 6. The summed E-state index contributed by atoms with van der Waals surface area (Å²) >= 11 is 1.80. The summed E-state index contributed by atoms with van der Waals surface area (Å²) in [5.74, 6) is 0.885. The fourth-order valence-corrected chi connectivity index (χ4v) is 5.68. The monoisotopic (exact) mass is 467 g/mol. The molecule has 1 fully saturated rings. The van der Waals surface area contributed by atoms with Gasteiger partial charge in [-0.2, -0.15) is 5.10 Å². The second-order valence-corrected chi connectivity index (χ2v) is 10.4. The van der Waals surface area contributed by atoms with Crippen LogP contribution in [0.1, 0.15) is 37.1 Å². The van der Waals surface area contributed by atoms with E-state index in [9.17, 15) is 5.11 Å². The number of thiophene rings is 1. The number of nitrogens with one attached hydrogen (secondary N) is 2. The molecule has 4 aromatic rings. The maximum Gasteiger partial charge on any atom is 0.126 e. The van der Waals surface area contributed by atoms with Crippen molar-refractivity contribution in [2.24, 2.45) is 0 Å². The number of aromatic amines is 2. The van der Waals surface area contributed by atoms with E-state index in [1.165, 1.54) is 9.58 Å². The zero-order valence-electron chi connectivity index (χ0n) is 19.6. The third-order valence-corrected chi connectivity index (χ3v) is 8.05. The van der Waals surface area contributed by atoms with Crippen LogP contribution in [0.5, 0.6) is 5.75 Å². The first-order chi connectivity index (χ1) is 16.0. The molecular formula is C25H33N5O2S. The number of H-pyrrole nitrogens is 2. The molecule has 0 saturated carbocycles. The summed E-state index contributed by atoms with van der Waals surface area (Å²) in [5, 5.41) is 18.6. The SMILES string of the molecule is CC(c1cc2[nH]nc(-c3cc4ccc(OCCCN5CCC(O)CC5)cc4[nH]3)c2s1)N(C)C. The second kappa shape index (κ2) is 9.46. The molecular weight excluding hydrogens is 434 g/mol. The van der Waals surface area contributed by atoms with Crippen LogP contribution in [0.4, 0.5) is 0 Å². The van der Waals surface area contributed by atoms with Gasteiger partial charge < -0.3 is 24.6 Å². The van der Waals surface area contributed by atoms with Crippen molar-refractivity contribution in [1.29, 1.82) is 0 Å². The molecule has 33 heavy (non-hydrogen) atoms. The molecule has 1 aliphatic rings. The van der Waals surface area contributed by atoms with E-state index >= 15 is 0 Å². The Balaban J connectivity index is 1.26. The van der Waals surface area contributed by atoms with E-state index < -0.39 is 0 Å². The lowest BCUT2D eigenvalue weighted by Gasteiger charge is -2.29. The normalized spacial score (nSPS) is 16.9. The van der Waals surface area contributed by atoms with Crippen molar-refractivity contribution < 1.29 is 9.84 Å². The predicted molar refractivity (Wildman–Crippen MR) is 135 cm³/mol. The molecule has 7 nitrogen and oxygen atoms in total. The van der Waals surface area contributed by atoms with Crippen molar-refractivity contribution in [2.75, 3.05) is 40.3 Å². The van der Waals surface area contributed by atoms with Gasteiger partial charge >= 0.3 is 0 Å². The zero-order valence-corrected chi connectivity index (χ0v) is 20.4. The Morgan fingerprint density at radius 2 is 2.03 bits per heavy atom. The van der Waals surface area contributed by atoms with Gasteiger partial charge in [0.2, 0.25) is 0 Å². The van der Waals surface area contributed by atoms with Gasteiger partial charge in [0.05, 0.1) is 28.6 Å². The minimum atomic E-state index is -0.115. The van der Waals surface area contributed by atoms with E-state index in [-0.39, 0.29) is 6.10 Å². The lowest BCUT2D eigenvalue weighted by molar-refractivity contribution is 0.0800. The second-order valence-electron chi connectivity index (χ2n) is 9.31. The van der Waals surface area contributed by atoms with Crippen molar-refractivity contribution in [3.05, 3.63) is 35.2 Å². The molecule has 1 aromatic carbocycles. The maximum absolute atomic E-state index is 9.63. The van der Waals surface area contributed by atoms with E-state index in [2.05, 4.69) is 70.3 Å². The van der Waals surface area contributed by atoms with Crippen LogP contribution in [0.15, 0.2) is 30.3 Å². The molecule has 1 atom stereocenters. The molecule has 1 saturated heterocycles. The number of benzene rings is 1. The molecule has 0 amide bonds. The van der Waals surface area contributed by atoms with Crippen molar-refractivity contribution in [1.82, 2.24) is 25.0 Å². The molecule has 5 rings (SSSR count). The highest BCUT2D eigenvalue weighted by Crippen LogP contribution is 2.37. The van der Waals surface area contributed by atoms with Gasteiger partial charge in [0, 0.05) is 47.5 Å². The topological polar surface area (TPSA) is 80.4 Å². The molecule has 0 bridgehead atoms. The number of ether oxygens (including phenoxy) is 1. The smallest absolute Gasteiger partial charge is 0.126 e. The van der Waals surface area contributed by atoms with Crippen molar-refractivity contribution in [2.45, 2.75) is 38.3 Å². The fraction of sp³-hybridized carbons (Fsp3) is 0.480. The van der Waals surface area contributed by atoms with Gasteiger partial charge in [-0.15, -0.1) is 11.3 Å². The fourth-order valence-electron chi connectivity index (χ4n) is 4.42. The predicted octanol–water partition coefficient (Wildman–Crippen LogP) is 4.62. The van der Waals surface area contributed by atoms with Gasteiger partial charge in [0.25, 0.3) is 0 Å². The number of rotatable bonds is 8. The van der Waals surface area contributed by atoms with Crippen LogP contribution in [0.2, 0.25) is 0 Å². The van der Waals surface area contributed by atoms with Crippen LogP contribution >= 0.6 is 11.3 Å². The number of fused-ring (bicyclic) bond motifs is 2. The molecule has 1 aliphatic heterocycles. The Kier molecular flexibility index (Phi) is 6.42. The number of likely N-dealkylation sites (tertiary alicyclic amines) is 1. The minimum absolute atomic E-state index is 0.115. The van der Waals surface area contributed by atoms with E-state index in [1.807, 2.05) is 6.07 Å². The average Bonchev–Trinajstić information content (AvgIpc) is 3.50. The Morgan fingerprint density at radius 3 is 2.82 bits per heavy atom. The summed E-state index contributed by atoms with van der Waals surface area (Å²) in [6, 6.07) is 11.0. The van der Waals surface area contributed by atoms with E-state index in [4.69, 9.17) is 4.74 Å². The Morgan fingerprint density at radius 1 is 1.21 bits per heavy atom. The summed E-state index contributed by atoms with van der Waals surface area (Å²) in [7, 11) is 4.21. The number of aromatic nitrogens is 3. The Labute approximate surface area is 198 Å². The summed E-state index contributed by atoms with van der Waals surface area (Å²) in [4.78, 5) is 9.51. The van der Waals surface area contributed by atoms with E-state index in [0.717, 1.165) is 72.5 Å². The number of nitrogens with zero attached hydrogens (tertiary/aromatic N) is 3. The van der Waals surface area contributed by atoms with Gasteiger partial charge in [-0.1, -0.05) is 0 Å². The van der Waals surface area contributed by atoms with Crippen LogP contribution in [0.25, 0.3) is 32.5 Å². The molecule has 8 heteroatoms. The summed E-state index contributed by atoms with van der Waals surface area (Å²) in [5.41, 5.74) is 4.14. The number of aliphatic hydroxyl groups excluding tert-OH is 1. The quantitative estimate of drug-likeness (QED) is 0.330. The Bertz CT molecular complexity index is 1220. The third kappa shape index (κ3) is 4.80. The lowest BCUT2D eigenvalue weighted by atomic mass is 10.1. The molecule has 4 heterocycles. The highest BCUT2D eigenvalue weighted by molar-refractivity contribution is 7.19. The van der Waals surface area contributed by atoms with Gasteiger partial charge in [0.15, 0.2) is 0 Å². The Hall–Kier alpha value is -2.39. The number of aliphatic hydroxyl groups is 1. The summed E-state index contributed by atoms with van der Waals surface area (Å²) in [6.45, 7) is 5.91. The van der Waals surface area contributed by atoms with Crippen LogP contribution in [0.3, 0.4) is 0 Å². The first-order valence-electron chi connectivity index (χ1n) is 11.8. The van der Waals surface area contributed by atoms with Crippen LogP contribution in [-0.4, -0.2) is 76.5 Å². The summed E-state index contributed by atoms with van der Waals surface area (Å²) in [6.07, 6.45) is 2.64. The van der Waals surface area contributed by atoms with Crippen molar-refractivity contribution in [3.8, 4) is 17.1 Å². The molecule has 1 unspecified atom stereocenters. The molecule has 3 N–H and O–H groups in total. The van der Waals surface area contributed by atoms with Gasteiger partial charge in [-0.3, -0.25) is 5.10 Å². The average molecular weight is 468 g/mol. The van der Waals surface area contributed by atoms with Crippen LogP contribution < -0.4 is 4.74 Å². The molecule has 176 valence electrons. The van der Waals surface area contributed by atoms with Crippen molar-refractivity contribution >= 4 is 32.5 Å². The zero-order chi connectivity index (χ0) is 22.9. The van der Waals surface area contributed by atoms with Gasteiger partial charge in [-0.25, -0.2) is 0 Å². The first-order valence-corrected chi connectivity index (χ1v) is 12.6. The van der Waals surface area contributed by atoms with E-state index in [0.29, 0.717) is 12.6 Å². The van der Waals surface area contributed by atoms with Crippen molar-refractivity contribution in [3.63, 3.8) is 0 Å².